The number of Topliss-reactive ketones (excluding diaryl/α,β-unsaturated/α-hetero) is 1. The van der Waals surface area contributed by atoms with Crippen LogP contribution in [0.3, 0.4) is 0 Å². The van der Waals surface area contributed by atoms with Crippen LogP contribution < -0.4 is 14.8 Å². The van der Waals surface area contributed by atoms with Crippen LogP contribution >= 0.6 is 0 Å². The Labute approximate surface area is 229 Å². The summed E-state index contributed by atoms with van der Waals surface area (Å²) in [5.41, 5.74) is 2.66. The Kier molecular flexibility index (Phi) is 10.3. The van der Waals surface area contributed by atoms with E-state index in [1.165, 1.54) is 0 Å². The number of ether oxygens (including phenoxy) is 3. The van der Waals surface area contributed by atoms with Gasteiger partial charge in [-0.05, 0) is 60.0 Å². The first-order valence-electron chi connectivity index (χ1n) is 13.1. The molecule has 0 radical (unpaired) electrons. The van der Waals surface area contributed by atoms with E-state index in [2.05, 4.69) is 5.32 Å². The first-order valence-corrected chi connectivity index (χ1v) is 13.1. The fourth-order valence-corrected chi connectivity index (χ4v) is 4.01. The quantitative estimate of drug-likeness (QED) is 0.222. The highest BCUT2D eigenvalue weighted by Gasteiger charge is 2.22. The van der Waals surface area contributed by atoms with E-state index >= 15 is 0 Å². The van der Waals surface area contributed by atoms with Crippen LogP contribution in [-0.4, -0.2) is 30.9 Å². The Morgan fingerprint density at radius 2 is 1.23 bits per heavy atom. The predicted molar refractivity (Wildman–Crippen MR) is 151 cm³/mol. The molecule has 200 valence electrons. The van der Waals surface area contributed by atoms with Crippen LogP contribution in [-0.2, 0) is 33.8 Å². The first-order chi connectivity index (χ1) is 19.1. The van der Waals surface area contributed by atoms with Gasteiger partial charge in [-0.15, -0.1) is 0 Å². The molecule has 6 nitrogen and oxygen atoms in total. The van der Waals surface area contributed by atoms with Gasteiger partial charge in [-0.25, -0.2) is 0 Å². The number of hydrogen-bond acceptors (Lipinski definition) is 5. The lowest BCUT2D eigenvalue weighted by molar-refractivity contribution is -0.128. The molecule has 1 N–H and O–H groups in total. The highest BCUT2D eigenvalue weighted by molar-refractivity contribution is 5.91. The van der Waals surface area contributed by atoms with E-state index in [0.29, 0.717) is 19.0 Å². The number of rotatable bonds is 14. The van der Waals surface area contributed by atoms with Crippen LogP contribution in [0.4, 0.5) is 0 Å². The second-order valence-electron chi connectivity index (χ2n) is 9.08. The third kappa shape index (κ3) is 9.13. The number of carbonyl (C=O) groups is 2. The van der Waals surface area contributed by atoms with Crippen LogP contribution in [0, 0.1) is 0 Å². The molecule has 1 atom stereocenters. The summed E-state index contributed by atoms with van der Waals surface area (Å²) in [5.74, 6) is 1.81. The van der Waals surface area contributed by atoms with E-state index < -0.39 is 6.04 Å². The van der Waals surface area contributed by atoms with Crippen LogP contribution in [0.25, 0.3) is 0 Å². The Morgan fingerprint density at radius 3 is 1.87 bits per heavy atom. The van der Waals surface area contributed by atoms with Gasteiger partial charge in [0.15, 0.2) is 5.78 Å². The molecule has 0 saturated heterocycles. The molecule has 0 heterocycles. The van der Waals surface area contributed by atoms with Crippen molar-refractivity contribution in [3.05, 3.63) is 126 Å². The molecule has 0 saturated carbocycles. The van der Waals surface area contributed by atoms with E-state index in [0.717, 1.165) is 28.2 Å². The van der Waals surface area contributed by atoms with Crippen molar-refractivity contribution in [2.24, 2.45) is 0 Å². The second-order valence-corrected chi connectivity index (χ2v) is 9.08. The number of para-hydroxylation sites is 1. The maximum Gasteiger partial charge on any atom is 0.225 e. The fourth-order valence-electron chi connectivity index (χ4n) is 4.01. The Bertz CT molecular complexity index is 1310. The molecular formula is C33H33NO5. The fraction of sp³-hybridized carbons (Fsp3) is 0.212. The average Bonchev–Trinajstić information content (AvgIpc) is 2.96. The number of ketones is 1. The topological polar surface area (TPSA) is 73.9 Å². The molecule has 39 heavy (non-hydrogen) atoms. The van der Waals surface area contributed by atoms with E-state index in [1.54, 1.807) is 0 Å². The lowest BCUT2D eigenvalue weighted by Crippen LogP contribution is -2.45. The minimum absolute atomic E-state index is 0.0813. The van der Waals surface area contributed by atoms with E-state index in [4.69, 9.17) is 14.2 Å². The molecule has 4 aromatic rings. The van der Waals surface area contributed by atoms with E-state index in [9.17, 15) is 9.59 Å². The van der Waals surface area contributed by atoms with Crippen molar-refractivity contribution in [3.63, 3.8) is 0 Å². The molecule has 0 aliphatic rings. The minimum Gasteiger partial charge on any atom is -0.494 e. The second kappa shape index (κ2) is 14.5. The van der Waals surface area contributed by atoms with Gasteiger partial charge in [-0.3, -0.25) is 9.59 Å². The number of hydrogen-bond donors (Lipinski definition) is 1. The summed E-state index contributed by atoms with van der Waals surface area (Å²) >= 11 is 0. The van der Waals surface area contributed by atoms with Gasteiger partial charge < -0.3 is 19.5 Å². The van der Waals surface area contributed by atoms with Crippen molar-refractivity contribution in [3.8, 4) is 17.2 Å². The molecule has 1 amide bonds. The lowest BCUT2D eigenvalue weighted by atomic mass is 10.0. The molecule has 0 aliphatic carbocycles. The van der Waals surface area contributed by atoms with Crippen molar-refractivity contribution in [2.45, 2.75) is 32.4 Å². The Balaban J connectivity index is 1.37. The van der Waals surface area contributed by atoms with Gasteiger partial charge >= 0.3 is 0 Å². The summed E-state index contributed by atoms with van der Waals surface area (Å²) in [6.45, 7) is 2.93. The van der Waals surface area contributed by atoms with Crippen molar-refractivity contribution in [1.29, 1.82) is 0 Å². The maximum atomic E-state index is 13.3. The Morgan fingerprint density at radius 1 is 0.667 bits per heavy atom. The van der Waals surface area contributed by atoms with Gasteiger partial charge in [0.1, 0.15) is 23.3 Å². The highest BCUT2D eigenvalue weighted by Crippen LogP contribution is 2.21. The van der Waals surface area contributed by atoms with Gasteiger partial charge in [0.05, 0.1) is 26.2 Å². The number of nitrogens with one attached hydrogen (secondary N) is 1. The van der Waals surface area contributed by atoms with E-state index in [1.807, 2.05) is 116 Å². The summed E-state index contributed by atoms with van der Waals surface area (Å²) in [5, 5.41) is 2.89. The maximum absolute atomic E-state index is 13.3. The number of amides is 1. The van der Waals surface area contributed by atoms with Gasteiger partial charge in [-0.2, -0.15) is 0 Å². The zero-order valence-electron chi connectivity index (χ0n) is 22.0. The average molecular weight is 524 g/mol. The molecule has 0 aliphatic heterocycles. The molecule has 0 fully saturated rings. The normalized spacial score (nSPS) is 11.4. The van der Waals surface area contributed by atoms with Crippen molar-refractivity contribution in [1.82, 2.24) is 5.32 Å². The molecule has 1 unspecified atom stereocenters. The number of carbonyl (C=O) groups excluding carboxylic acids is 2. The molecule has 0 bridgehead atoms. The first kappa shape index (κ1) is 27.6. The van der Waals surface area contributed by atoms with Gasteiger partial charge in [0, 0.05) is 6.42 Å². The summed E-state index contributed by atoms with van der Waals surface area (Å²) in [4.78, 5) is 26.2. The minimum atomic E-state index is -0.774. The summed E-state index contributed by atoms with van der Waals surface area (Å²) in [6, 6.07) is 33.2. The van der Waals surface area contributed by atoms with Crippen LogP contribution in [0.15, 0.2) is 109 Å². The van der Waals surface area contributed by atoms with E-state index in [-0.39, 0.29) is 31.1 Å². The zero-order chi connectivity index (χ0) is 27.3. The molecule has 4 aromatic carbocycles. The van der Waals surface area contributed by atoms with Crippen LogP contribution in [0.1, 0.15) is 23.6 Å². The van der Waals surface area contributed by atoms with Crippen molar-refractivity contribution in [2.75, 3.05) is 13.2 Å². The van der Waals surface area contributed by atoms with Crippen LogP contribution in [0.5, 0.6) is 17.2 Å². The summed E-state index contributed by atoms with van der Waals surface area (Å²) in [6.07, 6.45) is 0.314. The molecule has 6 heteroatoms. The van der Waals surface area contributed by atoms with Gasteiger partial charge in [-0.1, -0.05) is 72.8 Å². The molecule has 0 aromatic heterocycles. The third-order valence-corrected chi connectivity index (χ3v) is 6.00. The van der Waals surface area contributed by atoms with Crippen LogP contribution in [0.2, 0.25) is 0 Å². The van der Waals surface area contributed by atoms with Crippen molar-refractivity contribution >= 4 is 11.7 Å². The molecular weight excluding hydrogens is 490 g/mol. The number of benzene rings is 4. The van der Waals surface area contributed by atoms with Crippen molar-refractivity contribution < 1.29 is 23.8 Å². The monoisotopic (exact) mass is 523 g/mol. The SMILES string of the molecule is CCOc1ccc(CC(=O)NC(COCc2ccccc2)C(=O)Cc2ccc(Oc3ccccc3)cc2)cc1. The van der Waals surface area contributed by atoms with Gasteiger partial charge in [0.2, 0.25) is 5.91 Å². The third-order valence-electron chi connectivity index (χ3n) is 6.00. The van der Waals surface area contributed by atoms with Gasteiger partial charge in [0.25, 0.3) is 0 Å². The predicted octanol–water partition coefficient (Wildman–Crippen LogP) is 5.93. The lowest BCUT2D eigenvalue weighted by Gasteiger charge is -2.18. The zero-order valence-corrected chi connectivity index (χ0v) is 22.0. The highest BCUT2D eigenvalue weighted by atomic mass is 16.5. The summed E-state index contributed by atoms with van der Waals surface area (Å²) < 4.78 is 17.2. The Hall–Kier alpha value is -4.42. The smallest absolute Gasteiger partial charge is 0.225 e. The largest absolute Gasteiger partial charge is 0.494 e. The summed E-state index contributed by atoms with van der Waals surface area (Å²) in [7, 11) is 0. The molecule has 4 rings (SSSR count). The standard InChI is InChI=1S/C33H33NO5/c1-2-38-28-17-13-26(14-18-28)22-33(36)34-31(24-37-23-27-9-5-3-6-10-27)32(35)21-25-15-19-30(20-16-25)39-29-11-7-4-8-12-29/h3-20,31H,2,21-24H2,1H3,(H,34,36). The molecule has 0 spiro atoms.